The molecule has 0 amide bonds. The summed E-state index contributed by atoms with van der Waals surface area (Å²) in [6.45, 7) is 0.416. The van der Waals surface area contributed by atoms with Crippen LogP contribution in [0.1, 0.15) is 11.1 Å². The lowest BCUT2D eigenvalue weighted by Crippen LogP contribution is -2.10. The lowest BCUT2D eigenvalue weighted by molar-refractivity contribution is 0.306. The molecule has 0 saturated heterocycles. The molecule has 0 aliphatic heterocycles. The van der Waals surface area contributed by atoms with E-state index in [4.69, 9.17) is 27.5 Å². The highest BCUT2D eigenvalue weighted by molar-refractivity contribution is 6.31. The van der Waals surface area contributed by atoms with Gasteiger partial charge in [-0.25, -0.2) is 0 Å². The van der Waals surface area contributed by atoms with Gasteiger partial charge in [0.25, 0.3) is 0 Å². The van der Waals surface area contributed by atoms with Gasteiger partial charge in [-0.1, -0.05) is 29.8 Å². The molecule has 0 atom stereocenters. The highest BCUT2D eigenvalue weighted by Gasteiger charge is 2.01. The molecule has 0 bridgehead atoms. The molecule has 2 aromatic carbocycles. The van der Waals surface area contributed by atoms with E-state index < -0.39 is 0 Å². The molecule has 0 aliphatic carbocycles. The summed E-state index contributed by atoms with van der Waals surface area (Å²) in [7, 11) is 0. The minimum atomic E-state index is 0. The van der Waals surface area contributed by atoms with Crippen LogP contribution in [0, 0.1) is 5.41 Å². The summed E-state index contributed by atoms with van der Waals surface area (Å²) >= 11 is 6.03. The minimum Gasteiger partial charge on any atom is -0.489 e. The van der Waals surface area contributed by atoms with Gasteiger partial charge in [-0.05, 0) is 30.3 Å². The highest BCUT2D eigenvalue weighted by Crippen LogP contribution is 2.18. The second kappa shape index (κ2) is 7.02. The van der Waals surface area contributed by atoms with E-state index in [1.165, 1.54) is 0 Å². The van der Waals surface area contributed by atoms with E-state index >= 15 is 0 Å². The first-order valence-electron chi connectivity index (χ1n) is 5.47. The first-order valence-corrected chi connectivity index (χ1v) is 5.85. The molecule has 2 rings (SSSR count). The summed E-state index contributed by atoms with van der Waals surface area (Å²) in [5, 5.41) is 7.98. The van der Waals surface area contributed by atoms with E-state index in [-0.39, 0.29) is 18.2 Å². The minimum absolute atomic E-state index is 0. The Kier molecular flexibility index (Phi) is 5.67. The molecule has 0 spiro atoms. The van der Waals surface area contributed by atoms with Crippen molar-refractivity contribution in [1.82, 2.24) is 0 Å². The van der Waals surface area contributed by atoms with Crippen LogP contribution in [0.2, 0.25) is 5.02 Å². The number of halogens is 2. The van der Waals surface area contributed by atoms with Crippen LogP contribution in [0.5, 0.6) is 5.75 Å². The Labute approximate surface area is 123 Å². The Morgan fingerprint density at radius 2 is 1.74 bits per heavy atom. The fraction of sp³-hybridized carbons (Fsp3) is 0.0714. The Morgan fingerprint density at radius 1 is 1.11 bits per heavy atom. The topological polar surface area (TPSA) is 59.1 Å². The first-order chi connectivity index (χ1) is 8.66. The van der Waals surface area contributed by atoms with E-state index in [0.717, 1.165) is 11.3 Å². The lowest BCUT2D eigenvalue weighted by atomic mass is 10.2. The number of benzene rings is 2. The molecule has 0 aliphatic rings. The summed E-state index contributed by atoms with van der Waals surface area (Å²) in [5.74, 6) is 0.771. The monoisotopic (exact) mass is 296 g/mol. The van der Waals surface area contributed by atoms with Crippen molar-refractivity contribution in [2.24, 2.45) is 5.73 Å². The Bertz CT molecular complexity index is 556. The van der Waals surface area contributed by atoms with Crippen molar-refractivity contribution in [2.75, 3.05) is 0 Å². The predicted molar refractivity (Wildman–Crippen MR) is 80.5 cm³/mol. The number of ether oxygens (including phenoxy) is 1. The van der Waals surface area contributed by atoms with E-state index in [9.17, 15) is 0 Å². The largest absolute Gasteiger partial charge is 0.489 e. The lowest BCUT2D eigenvalue weighted by Gasteiger charge is -2.08. The molecular formula is C14H14Cl2N2O. The molecule has 0 heterocycles. The number of nitrogens with one attached hydrogen (secondary N) is 1. The molecule has 2 aromatic rings. The Morgan fingerprint density at radius 3 is 2.32 bits per heavy atom. The van der Waals surface area contributed by atoms with Gasteiger partial charge < -0.3 is 10.5 Å². The molecule has 0 saturated carbocycles. The zero-order valence-electron chi connectivity index (χ0n) is 10.1. The van der Waals surface area contributed by atoms with Crippen LogP contribution in [0.4, 0.5) is 0 Å². The van der Waals surface area contributed by atoms with Crippen LogP contribution in [0.15, 0.2) is 48.5 Å². The van der Waals surface area contributed by atoms with Gasteiger partial charge in [-0.3, -0.25) is 5.41 Å². The summed E-state index contributed by atoms with van der Waals surface area (Å²) in [6.07, 6.45) is 0. The van der Waals surface area contributed by atoms with Gasteiger partial charge >= 0.3 is 0 Å². The molecule has 0 aromatic heterocycles. The first kappa shape index (κ1) is 15.3. The molecule has 3 nitrogen and oxygen atoms in total. The summed E-state index contributed by atoms with van der Waals surface area (Å²) in [4.78, 5) is 0. The number of hydrogen-bond donors (Lipinski definition) is 2. The molecule has 3 N–H and O–H groups in total. The summed E-state index contributed by atoms with van der Waals surface area (Å²) < 4.78 is 5.61. The molecule has 0 unspecified atom stereocenters. The van der Waals surface area contributed by atoms with Crippen molar-refractivity contribution in [3.05, 3.63) is 64.7 Å². The maximum Gasteiger partial charge on any atom is 0.122 e. The summed E-state index contributed by atoms with van der Waals surface area (Å²) in [6, 6.07) is 14.6. The molecular weight excluding hydrogens is 283 g/mol. The molecule has 0 fully saturated rings. The Hall–Kier alpha value is -1.71. The normalized spacial score (nSPS) is 9.53. The number of nitrogens with two attached hydrogens (primary N) is 1. The van der Waals surface area contributed by atoms with Crippen LogP contribution in [0.25, 0.3) is 0 Å². The van der Waals surface area contributed by atoms with Gasteiger partial charge in [0, 0.05) is 16.1 Å². The van der Waals surface area contributed by atoms with E-state index in [0.29, 0.717) is 17.2 Å². The third-order valence-corrected chi connectivity index (χ3v) is 2.89. The van der Waals surface area contributed by atoms with Crippen molar-refractivity contribution in [2.45, 2.75) is 6.61 Å². The van der Waals surface area contributed by atoms with Crippen LogP contribution >= 0.6 is 24.0 Å². The molecule has 0 radical (unpaired) electrons. The third-order valence-electron chi connectivity index (χ3n) is 2.52. The van der Waals surface area contributed by atoms with Gasteiger partial charge in [-0.15, -0.1) is 12.4 Å². The van der Waals surface area contributed by atoms with Crippen molar-refractivity contribution >= 4 is 29.8 Å². The third kappa shape index (κ3) is 4.16. The molecule has 5 heteroatoms. The van der Waals surface area contributed by atoms with Gasteiger partial charge in [0.15, 0.2) is 0 Å². The highest BCUT2D eigenvalue weighted by atomic mass is 35.5. The van der Waals surface area contributed by atoms with E-state index in [1.54, 1.807) is 24.3 Å². The maximum atomic E-state index is 7.29. The van der Waals surface area contributed by atoms with Crippen molar-refractivity contribution in [3.8, 4) is 5.75 Å². The smallest absolute Gasteiger partial charge is 0.122 e. The second-order valence-corrected chi connectivity index (χ2v) is 4.23. The van der Waals surface area contributed by atoms with Gasteiger partial charge in [-0.2, -0.15) is 0 Å². The quantitative estimate of drug-likeness (QED) is 0.669. The Balaban J connectivity index is 0.00000180. The van der Waals surface area contributed by atoms with Crippen LogP contribution < -0.4 is 10.5 Å². The van der Waals surface area contributed by atoms with Crippen LogP contribution in [0.3, 0.4) is 0 Å². The zero-order chi connectivity index (χ0) is 13.0. The van der Waals surface area contributed by atoms with Crippen LogP contribution in [-0.4, -0.2) is 5.84 Å². The van der Waals surface area contributed by atoms with Crippen LogP contribution in [-0.2, 0) is 6.61 Å². The standard InChI is InChI=1S/C14H13ClN2O.ClH/c15-13-4-2-1-3-11(13)9-18-12-7-5-10(6-8-12)14(16)17;/h1-8H,9H2,(H3,16,17);1H. The van der Waals surface area contributed by atoms with Crippen molar-refractivity contribution in [1.29, 1.82) is 5.41 Å². The SMILES string of the molecule is Cl.N=C(N)c1ccc(OCc2ccccc2Cl)cc1. The number of rotatable bonds is 4. The van der Waals surface area contributed by atoms with Gasteiger partial charge in [0.1, 0.15) is 18.2 Å². The van der Waals surface area contributed by atoms with Crippen molar-refractivity contribution < 1.29 is 4.74 Å². The fourth-order valence-corrected chi connectivity index (χ4v) is 1.70. The van der Waals surface area contributed by atoms with E-state index in [2.05, 4.69) is 0 Å². The number of amidine groups is 1. The fourth-order valence-electron chi connectivity index (χ4n) is 1.51. The average molecular weight is 297 g/mol. The van der Waals surface area contributed by atoms with Gasteiger partial charge in [0.05, 0.1) is 0 Å². The molecule has 19 heavy (non-hydrogen) atoms. The second-order valence-electron chi connectivity index (χ2n) is 3.82. The van der Waals surface area contributed by atoms with Gasteiger partial charge in [0.2, 0.25) is 0 Å². The van der Waals surface area contributed by atoms with E-state index in [1.807, 2.05) is 24.3 Å². The maximum absolute atomic E-state index is 7.29. The number of hydrogen-bond acceptors (Lipinski definition) is 2. The molecule has 100 valence electrons. The van der Waals surface area contributed by atoms with Crippen molar-refractivity contribution in [3.63, 3.8) is 0 Å². The summed E-state index contributed by atoms with van der Waals surface area (Å²) in [5.41, 5.74) is 6.99. The number of nitrogen functional groups attached to an aromatic ring is 1. The zero-order valence-corrected chi connectivity index (χ0v) is 11.7. The average Bonchev–Trinajstić information content (AvgIpc) is 2.38. The predicted octanol–water partition coefficient (Wildman–Crippen LogP) is 3.62.